The molecule has 0 aromatic carbocycles. The molecule has 0 fully saturated rings. The Morgan fingerprint density at radius 3 is 2.80 bits per heavy atom. The molecule has 6 heteroatoms. The predicted octanol–water partition coefficient (Wildman–Crippen LogP) is 2.29. The summed E-state index contributed by atoms with van der Waals surface area (Å²) in [6, 6.07) is 5.70. The monoisotopic (exact) mass is 269 g/mol. The summed E-state index contributed by atoms with van der Waals surface area (Å²) >= 11 is 0. The number of aromatic nitrogens is 5. The van der Waals surface area contributed by atoms with Crippen LogP contribution in [0, 0.1) is 6.92 Å². The minimum atomic E-state index is 0.551. The van der Waals surface area contributed by atoms with Gasteiger partial charge in [-0.2, -0.15) is 15.2 Å². The lowest BCUT2D eigenvalue weighted by molar-refractivity contribution is 0.399. The number of nitrogens with one attached hydrogen (secondary N) is 1. The molecule has 0 saturated heterocycles. The molecule has 3 rings (SSSR count). The fourth-order valence-electron chi connectivity index (χ4n) is 2.10. The van der Waals surface area contributed by atoms with E-state index in [0.717, 1.165) is 34.7 Å². The molecule has 0 radical (unpaired) electrons. The summed E-state index contributed by atoms with van der Waals surface area (Å²) in [7, 11) is 1.59. The summed E-state index contributed by atoms with van der Waals surface area (Å²) < 4.78 is 5.11. The zero-order valence-corrected chi connectivity index (χ0v) is 11.6. The van der Waals surface area contributed by atoms with Crippen LogP contribution in [0.2, 0.25) is 0 Å². The highest BCUT2D eigenvalue weighted by Crippen LogP contribution is 2.23. The molecule has 0 saturated carbocycles. The first-order chi connectivity index (χ1) is 9.71. The van der Waals surface area contributed by atoms with Gasteiger partial charge in [0.25, 0.3) is 0 Å². The lowest BCUT2D eigenvalue weighted by Crippen LogP contribution is -1.98. The molecule has 3 aromatic heterocycles. The molecule has 102 valence electrons. The molecule has 3 heterocycles. The largest absolute Gasteiger partial charge is 0.481 e. The Kier molecular flexibility index (Phi) is 3.06. The van der Waals surface area contributed by atoms with Crippen molar-refractivity contribution in [3.63, 3.8) is 0 Å². The van der Waals surface area contributed by atoms with Crippen LogP contribution in [-0.2, 0) is 6.42 Å². The molecule has 0 aliphatic carbocycles. The fraction of sp³-hybridized carbons (Fsp3) is 0.286. The molecule has 3 aromatic rings. The van der Waals surface area contributed by atoms with E-state index in [9.17, 15) is 0 Å². The number of H-pyrrole nitrogens is 1. The van der Waals surface area contributed by atoms with Crippen LogP contribution in [0.25, 0.3) is 22.6 Å². The van der Waals surface area contributed by atoms with Gasteiger partial charge in [0.15, 0.2) is 5.65 Å². The van der Waals surface area contributed by atoms with Gasteiger partial charge in [-0.1, -0.05) is 6.92 Å². The Hall–Kier alpha value is -2.50. The Morgan fingerprint density at radius 2 is 2.05 bits per heavy atom. The molecule has 0 spiro atoms. The molecular formula is C14H15N5O. The zero-order valence-electron chi connectivity index (χ0n) is 11.6. The van der Waals surface area contributed by atoms with Gasteiger partial charge in [0, 0.05) is 11.6 Å². The number of ether oxygens (including phenoxy) is 1. The van der Waals surface area contributed by atoms with Gasteiger partial charge in [0.05, 0.1) is 24.0 Å². The number of hydrogen-bond acceptors (Lipinski definition) is 5. The number of aryl methyl sites for hydroxylation is 2. The molecule has 0 aliphatic rings. The molecule has 0 unspecified atom stereocenters. The van der Waals surface area contributed by atoms with Gasteiger partial charge >= 0.3 is 0 Å². The van der Waals surface area contributed by atoms with Crippen molar-refractivity contribution >= 4 is 11.2 Å². The molecule has 0 bridgehead atoms. The van der Waals surface area contributed by atoms with Gasteiger partial charge in [-0.15, -0.1) is 0 Å². The standard InChI is InChI=1S/C14H15N5O/c1-4-10-9(7-8(2)18-19-10)13-15-11-5-6-12(20-3)16-14(11)17-13/h5-7H,4H2,1-3H3,(H,15,16,17). The van der Waals surface area contributed by atoms with Crippen LogP contribution in [0.1, 0.15) is 18.3 Å². The molecule has 0 amide bonds. The molecule has 6 nitrogen and oxygen atoms in total. The second-order valence-corrected chi connectivity index (χ2v) is 4.51. The first-order valence-electron chi connectivity index (χ1n) is 6.45. The van der Waals surface area contributed by atoms with Crippen LogP contribution in [0.5, 0.6) is 5.88 Å². The van der Waals surface area contributed by atoms with E-state index in [1.807, 2.05) is 26.0 Å². The number of fused-ring (bicyclic) bond motifs is 1. The molecule has 20 heavy (non-hydrogen) atoms. The number of imidazole rings is 1. The maximum absolute atomic E-state index is 5.11. The molecular weight excluding hydrogens is 254 g/mol. The van der Waals surface area contributed by atoms with Gasteiger partial charge in [0.1, 0.15) is 5.82 Å². The first kappa shape index (κ1) is 12.5. The Balaban J connectivity index is 2.17. The number of pyridine rings is 1. The maximum Gasteiger partial charge on any atom is 0.215 e. The van der Waals surface area contributed by atoms with E-state index in [-0.39, 0.29) is 0 Å². The number of nitrogens with zero attached hydrogens (tertiary/aromatic N) is 4. The lowest BCUT2D eigenvalue weighted by Gasteiger charge is -2.03. The second kappa shape index (κ2) is 4.88. The van der Waals surface area contributed by atoms with Gasteiger partial charge in [-0.3, -0.25) is 0 Å². The van der Waals surface area contributed by atoms with Crippen molar-refractivity contribution < 1.29 is 4.74 Å². The SMILES string of the molecule is CCc1nnc(C)cc1-c1nc2nc(OC)ccc2[nH]1. The van der Waals surface area contributed by atoms with Crippen LogP contribution in [0.15, 0.2) is 18.2 Å². The summed E-state index contributed by atoms with van der Waals surface area (Å²) in [6.07, 6.45) is 0.802. The zero-order chi connectivity index (χ0) is 14.1. The highest BCUT2D eigenvalue weighted by Gasteiger charge is 2.12. The van der Waals surface area contributed by atoms with E-state index in [2.05, 4.69) is 25.1 Å². The average molecular weight is 269 g/mol. The van der Waals surface area contributed by atoms with Crippen LogP contribution in [-0.4, -0.2) is 32.3 Å². The highest BCUT2D eigenvalue weighted by atomic mass is 16.5. The van der Waals surface area contributed by atoms with Crippen molar-refractivity contribution in [1.29, 1.82) is 0 Å². The third-order valence-corrected chi connectivity index (χ3v) is 3.11. The summed E-state index contributed by atoms with van der Waals surface area (Å²) in [5, 5.41) is 8.31. The van der Waals surface area contributed by atoms with Crippen molar-refractivity contribution in [2.24, 2.45) is 0 Å². The number of aromatic amines is 1. The van der Waals surface area contributed by atoms with Crippen molar-refractivity contribution in [3.05, 3.63) is 29.6 Å². The average Bonchev–Trinajstić information content (AvgIpc) is 2.89. The van der Waals surface area contributed by atoms with E-state index in [4.69, 9.17) is 4.74 Å². The van der Waals surface area contributed by atoms with Crippen molar-refractivity contribution in [2.75, 3.05) is 7.11 Å². The van der Waals surface area contributed by atoms with Crippen LogP contribution in [0.4, 0.5) is 0 Å². The molecule has 1 N–H and O–H groups in total. The first-order valence-corrected chi connectivity index (χ1v) is 6.45. The maximum atomic E-state index is 5.11. The smallest absolute Gasteiger partial charge is 0.215 e. The summed E-state index contributed by atoms with van der Waals surface area (Å²) in [4.78, 5) is 12.1. The number of hydrogen-bond donors (Lipinski definition) is 1. The topological polar surface area (TPSA) is 76.6 Å². The Morgan fingerprint density at radius 1 is 1.20 bits per heavy atom. The number of rotatable bonds is 3. The van der Waals surface area contributed by atoms with Gasteiger partial charge < -0.3 is 9.72 Å². The second-order valence-electron chi connectivity index (χ2n) is 4.51. The normalized spacial score (nSPS) is 10.9. The van der Waals surface area contributed by atoms with Crippen LogP contribution in [0.3, 0.4) is 0 Å². The third-order valence-electron chi connectivity index (χ3n) is 3.11. The quantitative estimate of drug-likeness (QED) is 0.789. The molecule has 0 aliphatic heterocycles. The summed E-state index contributed by atoms with van der Waals surface area (Å²) in [5.74, 6) is 1.31. The summed E-state index contributed by atoms with van der Waals surface area (Å²) in [5.41, 5.74) is 4.26. The Bertz CT molecular complexity index is 765. The van der Waals surface area contributed by atoms with Crippen LogP contribution < -0.4 is 4.74 Å². The van der Waals surface area contributed by atoms with Gasteiger partial charge in [-0.05, 0) is 25.5 Å². The number of methoxy groups -OCH3 is 1. The third kappa shape index (κ3) is 2.09. The van der Waals surface area contributed by atoms with Gasteiger partial charge in [-0.25, -0.2) is 4.98 Å². The van der Waals surface area contributed by atoms with E-state index in [0.29, 0.717) is 11.5 Å². The van der Waals surface area contributed by atoms with E-state index in [1.165, 1.54) is 0 Å². The minimum Gasteiger partial charge on any atom is -0.481 e. The predicted molar refractivity (Wildman–Crippen MR) is 75.6 cm³/mol. The van der Waals surface area contributed by atoms with E-state index >= 15 is 0 Å². The van der Waals surface area contributed by atoms with Crippen LogP contribution >= 0.6 is 0 Å². The van der Waals surface area contributed by atoms with Crippen molar-refractivity contribution in [2.45, 2.75) is 20.3 Å². The lowest BCUT2D eigenvalue weighted by atomic mass is 10.1. The Labute approximate surface area is 116 Å². The highest BCUT2D eigenvalue weighted by molar-refractivity contribution is 5.76. The van der Waals surface area contributed by atoms with E-state index in [1.54, 1.807) is 13.2 Å². The van der Waals surface area contributed by atoms with Gasteiger partial charge in [0.2, 0.25) is 5.88 Å². The fourth-order valence-corrected chi connectivity index (χ4v) is 2.10. The van der Waals surface area contributed by atoms with E-state index < -0.39 is 0 Å². The van der Waals surface area contributed by atoms with Crippen molar-refractivity contribution in [3.8, 4) is 17.3 Å². The molecule has 0 atom stereocenters. The minimum absolute atomic E-state index is 0.551. The summed E-state index contributed by atoms with van der Waals surface area (Å²) in [6.45, 7) is 3.96. The van der Waals surface area contributed by atoms with Crippen molar-refractivity contribution in [1.82, 2.24) is 25.1 Å².